The molecule has 1 atom stereocenters. The van der Waals surface area contributed by atoms with E-state index in [1.165, 1.54) is 11.8 Å². The summed E-state index contributed by atoms with van der Waals surface area (Å²) in [6.07, 6.45) is 0. The van der Waals surface area contributed by atoms with E-state index in [4.69, 9.17) is 16.3 Å². The summed E-state index contributed by atoms with van der Waals surface area (Å²) >= 11 is 7.53. The second-order valence-electron chi connectivity index (χ2n) is 4.38. The number of ether oxygens (including phenoxy) is 1. The van der Waals surface area contributed by atoms with Crippen LogP contribution in [0.2, 0.25) is 5.02 Å². The minimum Gasteiger partial charge on any atom is -0.495 e. The van der Waals surface area contributed by atoms with E-state index in [9.17, 15) is 4.79 Å². The molecule has 2 aromatic rings. The normalized spacial score (nSPS) is 11.8. The molecule has 0 heterocycles. The molecule has 1 amide bonds. The Morgan fingerprint density at radius 3 is 2.57 bits per heavy atom. The fourth-order valence-electron chi connectivity index (χ4n) is 1.77. The number of rotatable bonds is 5. The highest BCUT2D eigenvalue weighted by atomic mass is 35.5. The fourth-order valence-corrected chi connectivity index (χ4v) is 2.92. The highest BCUT2D eigenvalue weighted by Crippen LogP contribution is 2.31. The molecule has 1 N–H and O–H groups in total. The number of hydrogen-bond acceptors (Lipinski definition) is 3. The predicted molar refractivity (Wildman–Crippen MR) is 88.4 cm³/mol. The number of anilines is 1. The minimum atomic E-state index is -0.269. The van der Waals surface area contributed by atoms with Gasteiger partial charge in [0.05, 0.1) is 23.1 Å². The Hall–Kier alpha value is -1.65. The summed E-state index contributed by atoms with van der Waals surface area (Å²) in [6, 6.07) is 14.8. The van der Waals surface area contributed by atoms with Crippen LogP contribution in [-0.4, -0.2) is 18.3 Å². The Morgan fingerprint density at radius 1 is 1.19 bits per heavy atom. The number of nitrogens with one attached hydrogen (secondary N) is 1. The van der Waals surface area contributed by atoms with Crippen molar-refractivity contribution in [1.29, 1.82) is 0 Å². The zero-order chi connectivity index (χ0) is 15.2. The average molecular weight is 322 g/mol. The van der Waals surface area contributed by atoms with Gasteiger partial charge in [-0.3, -0.25) is 4.79 Å². The Bertz CT molecular complexity index is 633. The van der Waals surface area contributed by atoms with Crippen LogP contribution < -0.4 is 10.1 Å². The molecule has 0 aromatic heterocycles. The second kappa shape index (κ2) is 7.38. The van der Waals surface area contributed by atoms with Crippen LogP contribution in [0.3, 0.4) is 0 Å². The van der Waals surface area contributed by atoms with Crippen LogP contribution in [-0.2, 0) is 4.79 Å². The molecule has 0 spiro atoms. The maximum Gasteiger partial charge on any atom is 0.237 e. The number of halogens is 1. The minimum absolute atomic E-state index is 0.0931. The van der Waals surface area contributed by atoms with E-state index < -0.39 is 0 Å². The maximum atomic E-state index is 12.3. The molecular formula is C16H16ClNO2S. The van der Waals surface area contributed by atoms with E-state index in [0.29, 0.717) is 16.5 Å². The molecule has 2 rings (SSSR count). The summed E-state index contributed by atoms with van der Waals surface area (Å²) in [5, 5.41) is 3.26. The standard InChI is InChI=1S/C16H16ClNO2S/c1-11(21-15-10-6-3-7-12(15)17)16(19)18-13-8-4-5-9-14(13)20-2/h3-11H,1-2H3,(H,18,19)/t11-/m1/s1. The van der Waals surface area contributed by atoms with E-state index in [-0.39, 0.29) is 11.2 Å². The zero-order valence-corrected chi connectivity index (χ0v) is 13.4. The van der Waals surface area contributed by atoms with Crippen molar-refractivity contribution < 1.29 is 9.53 Å². The van der Waals surface area contributed by atoms with Crippen molar-refractivity contribution >= 4 is 35.0 Å². The van der Waals surface area contributed by atoms with Crippen LogP contribution in [0, 0.1) is 0 Å². The number of carbonyl (C=O) groups excluding carboxylic acids is 1. The lowest BCUT2D eigenvalue weighted by atomic mass is 10.3. The molecule has 0 bridgehead atoms. The second-order valence-corrected chi connectivity index (χ2v) is 6.17. The molecule has 110 valence electrons. The van der Waals surface area contributed by atoms with Gasteiger partial charge in [0.25, 0.3) is 0 Å². The summed E-state index contributed by atoms with van der Waals surface area (Å²) in [7, 11) is 1.58. The number of para-hydroxylation sites is 2. The van der Waals surface area contributed by atoms with E-state index in [0.717, 1.165) is 4.90 Å². The molecule has 0 saturated heterocycles. The van der Waals surface area contributed by atoms with Crippen LogP contribution in [0.4, 0.5) is 5.69 Å². The van der Waals surface area contributed by atoms with Gasteiger partial charge in [0.1, 0.15) is 5.75 Å². The van der Waals surface area contributed by atoms with Gasteiger partial charge < -0.3 is 10.1 Å². The average Bonchev–Trinajstić information content (AvgIpc) is 2.50. The molecule has 0 fully saturated rings. The lowest BCUT2D eigenvalue weighted by molar-refractivity contribution is -0.115. The van der Waals surface area contributed by atoms with Gasteiger partial charge in [-0.2, -0.15) is 0 Å². The van der Waals surface area contributed by atoms with E-state index in [2.05, 4.69) is 5.32 Å². The molecule has 3 nitrogen and oxygen atoms in total. The maximum absolute atomic E-state index is 12.3. The Kier molecular flexibility index (Phi) is 5.53. The lowest BCUT2D eigenvalue weighted by Gasteiger charge is -2.14. The third kappa shape index (κ3) is 4.16. The summed E-state index contributed by atoms with van der Waals surface area (Å²) in [5.41, 5.74) is 0.664. The molecule has 0 aliphatic heterocycles. The molecule has 0 aliphatic rings. The number of hydrogen-bond donors (Lipinski definition) is 1. The van der Waals surface area contributed by atoms with Crippen LogP contribution in [0.5, 0.6) is 5.75 Å². The first kappa shape index (κ1) is 15.7. The van der Waals surface area contributed by atoms with Gasteiger partial charge in [-0.25, -0.2) is 0 Å². The third-order valence-corrected chi connectivity index (χ3v) is 4.49. The van der Waals surface area contributed by atoms with Crippen molar-refractivity contribution in [2.75, 3.05) is 12.4 Å². The van der Waals surface area contributed by atoms with Crippen LogP contribution in [0.15, 0.2) is 53.4 Å². The summed E-state index contributed by atoms with van der Waals surface area (Å²) in [6.45, 7) is 1.85. The summed E-state index contributed by atoms with van der Waals surface area (Å²) < 4.78 is 5.22. The number of amides is 1. The fraction of sp³-hybridized carbons (Fsp3) is 0.188. The predicted octanol–water partition coefficient (Wildman–Crippen LogP) is 4.47. The number of carbonyl (C=O) groups is 1. The van der Waals surface area contributed by atoms with Gasteiger partial charge in [-0.1, -0.05) is 35.9 Å². The van der Waals surface area contributed by atoms with Crippen molar-refractivity contribution in [2.45, 2.75) is 17.1 Å². The first-order valence-corrected chi connectivity index (χ1v) is 7.72. The molecule has 0 unspecified atom stereocenters. The van der Waals surface area contributed by atoms with Crippen LogP contribution in [0.1, 0.15) is 6.92 Å². The Labute approximate surface area is 133 Å². The van der Waals surface area contributed by atoms with Crippen LogP contribution in [0.25, 0.3) is 0 Å². The quantitative estimate of drug-likeness (QED) is 0.826. The zero-order valence-electron chi connectivity index (χ0n) is 11.8. The van der Waals surface area contributed by atoms with Crippen molar-refractivity contribution in [1.82, 2.24) is 0 Å². The van der Waals surface area contributed by atoms with Crippen LogP contribution >= 0.6 is 23.4 Å². The first-order valence-electron chi connectivity index (χ1n) is 6.47. The highest BCUT2D eigenvalue weighted by Gasteiger charge is 2.17. The van der Waals surface area contributed by atoms with Gasteiger partial charge >= 0.3 is 0 Å². The smallest absolute Gasteiger partial charge is 0.237 e. The molecule has 2 aromatic carbocycles. The number of methoxy groups -OCH3 is 1. The topological polar surface area (TPSA) is 38.3 Å². The van der Waals surface area contributed by atoms with Gasteiger partial charge in [0, 0.05) is 4.90 Å². The highest BCUT2D eigenvalue weighted by molar-refractivity contribution is 8.00. The summed E-state index contributed by atoms with van der Waals surface area (Å²) in [4.78, 5) is 13.2. The van der Waals surface area contributed by atoms with Crippen molar-refractivity contribution in [3.8, 4) is 5.75 Å². The molecule has 0 saturated carbocycles. The van der Waals surface area contributed by atoms with Gasteiger partial charge in [-0.05, 0) is 31.2 Å². The van der Waals surface area contributed by atoms with Gasteiger partial charge in [0.15, 0.2) is 0 Å². The molecule has 5 heteroatoms. The van der Waals surface area contributed by atoms with E-state index >= 15 is 0 Å². The summed E-state index contributed by atoms with van der Waals surface area (Å²) in [5.74, 6) is 0.546. The SMILES string of the molecule is COc1ccccc1NC(=O)[C@@H](C)Sc1ccccc1Cl. The molecular weight excluding hydrogens is 306 g/mol. The molecule has 21 heavy (non-hydrogen) atoms. The largest absolute Gasteiger partial charge is 0.495 e. The van der Waals surface area contributed by atoms with Crippen molar-refractivity contribution in [3.63, 3.8) is 0 Å². The first-order chi connectivity index (χ1) is 10.1. The third-order valence-electron chi connectivity index (χ3n) is 2.87. The van der Waals surface area contributed by atoms with E-state index in [1.807, 2.05) is 55.5 Å². The lowest BCUT2D eigenvalue weighted by Crippen LogP contribution is -2.22. The van der Waals surface area contributed by atoms with Gasteiger partial charge in [0.2, 0.25) is 5.91 Å². The Morgan fingerprint density at radius 2 is 1.86 bits per heavy atom. The number of thioether (sulfide) groups is 1. The van der Waals surface area contributed by atoms with Gasteiger partial charge in [-0.15, -0.1) is 11.8 Å². The van der Waals surface area contributed by atoms with Crippen molar-refractivity contribution in [3.05, 3.63) is 53.6 Å². The monoisotopic (exact) mass is 321 g/mol. The van der Waals surface area contributed by atoms with E-state index in [1.54, 1.807) is 7.11 Å². The molecule has 0 aliphatic carbocycles. The number of benzene rings is 2. The molecule has 0 radical (unpaired) electrons. The van der Waals surface area contributed by atoms with Crippen molar-refractivity contribution in [2.24, 2.45) is 0 Å². The Balaban J connectivity index is 2.05.